The summed E-state index contributed by atoms with van der Waals surface area (Å²) in [6.45, 7) is 2.31. The fraction of sp³-hybridized carbons (Fsp3) is 0.250. The lowest BCUT2D eigenvalue weighted by atomic mass is 10.1. The van der Waals surface area contributed by atoms with Crippen LogP contribution in [0.2, 0.25) is 0 Å². The highest BCUT2D eigenvalue weighted by Gasteiger charge is 2.35. The van der Waals surface area contributed by atoms with Crippen LogP contribution < -0.4 is 15.5 Å². The summed E-state index contributed by atoms with van der Waals surface area (Å²) in [5.41, 5.74) is 2.74. The second kappa shape index (κ2) is 7.39. The summed E-state index contributed by atoms with van der Waals surface area (Å²) in [6, 6.07) is 14.5. The van der Waals surface area contributed by atoms with E-state index in [4.69, 9.17) is 0 Å². The topological polar surface area (TPSA) is 78.5 Å². The Bertz CT molecular complexity index is 846. The molecule has 1 aliphatic heterocycles. The summed E-state index contributed by atoms with van der Waals surface area (Å²) in [4.78, 5) is 38.5. The molecule has 2 aromatic rings. The normalized spacial score (nSPS) is 16.5. The van der Waals surface area contributed by atoms with Gasteiger partial charge in [0.05, 0.1) is 17.2 Å². The molecule has 0 spiro atoms. The highest BCUT2D eigenvalue weighted by molar-refractivity contribution is 6.07. The van der Waals surface area contributed by atoms with E-state index in [1.807, 2.05) is 31.2 Å². The first-order valence-electron chi connectivity index (χ1n) is 8.48. The van der Waals surface area contributed by atoms with Crippen molar-refractivity contribution in [3.05, 3.63) is 59.7 Å². The molecule has 2 N–H and O–H groups in total. The molecule has 134 valence electrons. The number of hydrogen-bond acceptors (Lipinski definition) is 3. The molecule has 1 heterocycles. The maximum absolute atomic E-state index is 12.6. The number of carbonyl (C=O) groups excluding carboxylic acids is 3. The van der Waals surface area contributed by atoms with E-state index in [9.17, 15) is 14.4 Å². The Morgan fingerprint density at radius 3 is 2.46 bits per heavy atom. The summed E-state index contributed by atoms with van der Waals surface area (Å²) in [7, 11) is 1.54. The molecule has 0 radical (unpaired) electrons. The Morgan fingerprint density at radius 2 is 1.77 bits per heavy atom. The van der Waals surface area contributed by atoms with Gasteiger partial charge in [-0.15, -0.1) is 0 Å². The molecule has 0 aromatic heterocycles. The molecule has 3 rings (SSSR count). The zero-order valence-electron chi connectivity index (χ0n) is 14.8. The SMILES string of the molecule is CNC(=O)c1ccccc1NC(=O)C1CC(=O)N(c2ccc(C)cc2)C1. The van der Waals surface area contributed by atoms with E-state index in [2.05, 4.69) is 10.6 Å². The molecular weight excluding hydrogens is 330 g/mol. The summed E-state index contributed by atoms with van der Waals surface area (Å²) in [5.74, 6) is -1.07. The van der Waals surface area contributed by atoms with Crippen LogP contribution >= 0.6 is 0 Å². The van der Waals surface area contributed by atoms with E-state index in [0.717, 1.165) is 11.3 Å². The Morgan fingerprint density at radius 1 is 1.08 bits per heavy atom. The number of anilines is 2. The van der Waals surface area contributed by atoms with E-state index in [-0.39, 0.29) is 24.1 Å². The van der Waals surface area contributed by atoms with Gasteiger partial charge in [-0.3, -0.25) is 14.4 Å². The van der Waals surface area contributed by atoms with Gasteiger partial charge in [-0.2, -0.15) is 0 Å². The van der Waals surface area contributed by atoms with Crippen molar-refractivity contribution in [1.29, 1.82) is 0 Å². The Hall–Kier alpha value is -3.15. The quantitative estimate of drug-likeness (QED) is 0.887. The van der Waals surface area contributed by atoms with Gasteiger partial charge < -0.3 is 15.5 Å². The molecule has 3 amide bonds. The van der Waals surface area contributed by atoms with Gasteiger partial charge in [0, 0.05) is 25.7 Å². The molecule has 26 heavy (non-hydrogen) atoms. The van der Waals surface area contributed by atoms with E-state index < -0.39 is 5.92 Å². The van der Waals surface area contributed by atoms with E-state index in [1.54, 1.807) is 29.2 Å². The van der Waals surface area contributed by atoms with Gasteiger partial charge in [0.15, 0.2) is 0 Å². The Kier molecular flexibility index (Phi) is 5.02. The standard InChI is InChI=1S/C20H21N3O3/c1-13-7-9-15(10-8-13)23-12-14(11-18(23)24)19(25)22-17-6-4-3-5-16(17)20(26)21-2/h3-10,14H,11-12H2,1-2H3,(H,21,26)(H,22,25). The summed E-state index contributed by atoms with van der Waals surface area (Å²) in [5, 5.41) is 5.34. The van der Waals surface area contributed by atoms with E-state index >= 15 is 0 Å². The second-order valence-electron chi connectivity index (χ2n) is 6.35. The van der Waals surface area contributed by atoms with E-state index in [0.29, 0.717) is 17.8 Å². The zero-order valence-corrected chi connectivity index (χ0v) is 14.8. The number of amides is 3. The van der Waals surface area contributed by atoms with Crippen molar-refractivity contribution >= 4 is 29.1 Å². The monoisotopic (exact) mass is 351 g/mol. The fourth-order valence-electron chi connectivity index (χ4n) is 3.02. The van der Waals surface area contributed by atoms with Crippen LogP contribution in [-0.2, 0) is 9.59 Å². The van der Waals surface area contributed by atoms with Crippen LogP contribution in [0.25, 0.3) is 0 Å². The summed E-state index contributed by atoms with van der Waals surface area (Å²) < 4.78 is 0. The third kappa shape index (κ3) is 3.59. The maximum atomic E-state index is 12.6. The molecular formula is C20H21N3O3. The minimum atomic E-state index is -0.457. The lowest BCUT2D eigenvalue weighted by molar-refractivity contribution is -0.122. The number of para-hydroxylation sites is 1. The minimum absolute atomic E-state index is 0.0754. The Labute approximate surface area is 152 Å². The highest BCUT2D eigenvalue weighted by Crippen LogP contribution is 2.26. The van der Waals surface area contributed by atoms with Crippen LogP contribution in [0.4, 0.5) is 11.4 Å². The van der Waals surface area contributed by atoms with Crippen molar-refractivity contribution in [2.24, 2.45) is 5.92 Å². The average Bonchev–Trinajstić information content (AvgIpc) is 3.04. The molecule has 1 atom stereocenters. The molecule has 1 aliphatic rings. The van der Waals surface area contributed by atoms with Gasteiger partial charge in [-0.05, 0) is 31.2 Å². The van der Waals surface area contributed by atoms with Crippen LogP contribution in [0, 0.1) is 12.8 Å². The van der Waals surface area contributed by atoms with Gasteiger partial charge in [0.25, 0.3) is 5.91 Å². The average molecular weight is 351 g/mol. The zero-order chi connectivity index (χ0) is 18.7. The smallest absolute Gasteiger partial charge is 0.253 e. The van der Waals surface area contributed by atoms with Gasteiger partial charge in [0.1, 0.15) is 0 Å². The van der Waals surface area contributed by atoms with Gasteiger partial charge >= 0.3 is 0 Å². The lowest BCUT2D eigenvalue weighted by Gasteiger charge is -2.17. The first-order chi connectivity index (χ1) is 12.5. The van der Waals surface area contributed by atoms with Crippen molar-refractivity contribution in [3.8, 4) is 0 Å². The third-order valence-electron chi connectivity index (χ3n) is 4.50. The number of benzene rings is 2. The minimum Gasteiger partial charge on any atom is -0.355 e. The first-order valence-corrected chi connectivity index (χ1v) is 8.48. The van der Waals surface area contributed by atoms with E-state index in [1.165, 1.54) is 7.05 Å². The molecule has 6 nitrogen and oxygen atoms in total. The molecule has 0 saturated carbocycles. The number of nitrogens with one attached hydrogen (secondary N) is 2. The predicted molar refractivity (Wildman–Crippen MR) is 100 cm³/mol. The summed E-state index contributed by atoms with van der Waals surface area (Å²) >= 11 is 0. The predicted octanol–water partition coefficient (Wildman–Crippen LogP) is 2.35. The van der Waals surface area contributed by atoms with Gasteiger partial charge in [-0.25, -0.2) is 0 Å². The molecule has 0 aliphatic carbocycles. The number of nitrogens with zero attached hydrogens (tertiary/aromatic N) is 1. The number of carbonyl (C=O) groups is 3. The van der Waals surface area contributed by atoms with Crippen molar-refractivity contribution in [3.63, 3.8) is 0 Å². The van der Waals surface area contributed by atoms with Gasteiger partial charge in [0.2, 0.25) is 11.8 Å². The van der Waals surface area contributed by atoms with Crippen molar-refractivity contribution in [1.82, 2.24) is 5.32 Å². The highest BCUT2D eigenvalue weighted by atomic mass is 16.2. The maximum Gasteiger partial charge on any atom is 0.253 e. The van der Waals surface area contributed by atoms with Crippen LogP contribution in [0.5, 0.6) is 0 Å². The third-order valence-corrected chi connectivity index (χ3v) is 4.50. The van der Waals surface area contributed by atoms with Crippen molar-refractivity contribution < 1.29 is 14.4 Å². The molecule has 6 heteroatoms. The van der Waals surface area contributed by atoms with Crippen LogP contribution in [0.1, 0.15) is 22.3 Å². The number of hydrogen-bond donors (Lipinski definition) is 2. The number of rotatable bonds is 4. The van der Waals surface area contributed by atoms with Crippen molar-refractivity contribution in [2.45, 2.75) is 13.3 Å². The van der Waals surface area contributed by atoms with Crippen LogP contribution in [-0.4, -0.2) is 31.3 Å². The van der Waals surface area contributed by atoms with Crippen molar-refractivity contribution in [2.75, 3.05) is 23.8 Å². The Balaban J connectivity index is 1.73. The lowest BCUT2D eigenvalue weighted by Crippen LogP contribution is -2.29. The fourth-order valence-corrected chi connectivity index (χ4v) is 3.02. The molecule has 1 unspecified atom stereocenters. The van der Waals surface area contributed by atoms with Crippen LogP contribution in [0.15, 0.2) is 48.5 Å². The summed E-state index contributed by atoms with van der Waals surface area (Å²) in [6.07, 6.45) is 0.155. The second-order valence-corrected chi connectivity index (χ2v) is 6.35. The first kappa shape index (κ1) is 17.7. The molecule has 0 bridgehead atoms. The molecule has 2 aromatic carbocycles. The molecule has 1 fully saturated rings. The number of aryl methyl sites for hydroxylation is 1. The van der Waals surface area contributed by atoms with Gasteiger partial charge in [-0.1, -0.05) is 29.8 Å². The largest absolute Gasteiger partial charge is 0.355 e. The van der Waals surface area contributed by atoms with Crippen LogP contribution in [0.3, 0.4) is 0 Å². The molecule has 1 saturated heterocycles.